The largest absolute Gasteiger partial charge is 0.268 e. The number of aromatic nitrogens is 1. The fourth-order valence-corrected chi connectivity index (χ4v) is 1.25. The maximum Gasteiger partial charge on any atom is 0.0791 e. The summed E-state index contributed by atoms with van der Waals surface area (Å²) in [6.07, 6.45) is 5.46. The topological polar surface area (TPSA) is 25.2 Å². The monoisotopic (exact) mass is 184 g/mol. The van der Waals surface area contributed by atoms with Gasteiger partial charge >= 0.3 is 0 Å². The standard InChI is InChI=1S/C4H5NS.C3H3NS/c1-3-6-4-2-5-1;1-2-5-3-4-1/h1-3H,4H2;1-3H. The van der Waals surface area contributed by atoms with Gasteiger partial charge in [0.05, 0.1) is 5.51 Å². The molecule has 0 N–H and O–H groups in total. The SMILES string of the molecule is C1=CSCC=N1.c1cscn1. The van der Waals surface area contributed by atoms with Gasteiger partial charge in [0.15, 0.2) is 0 Å². The van der Waals surface area contributed by atoms with E-state index >= 15 is 0 Å². The summed E-state index contributed by atoms with van der Waals surface area (Å²) < 4.78 is 0. The molecule has 0 atom stereocenters. The van der Waals surface area contributed by atoms with Crippen LogP contribution in [-0.2, 0) is 0 Å². The second-order valence-corrected chi connectivity index (χ2v) is 3.32. The van der Waals surface area contributed by atoms with Gasteiger partial charge in [-0.3, -0.25) is 9.98 Å². The molecule has 1 aliphatic heterocycles. The van der Waals surface area contributed by atoms with Gasteiger partial charge in [-0.25, -0.2) is 0 Å². The highest BCUT2D eigenvalue weighted by Crippen LogP contribution is 2.02. The molecule has 0 saturated heterocycles. The summed E-state index contributed by atoms with van der Waals surface area (Å²) >= 11 is 3.37. The molecular formula is C7H8N2S2. The Morgan fingerprint density at radius 1 is 1.36 bits per heavy atom. The molecule has 2 heterocycles. The average molecular weight is 184 g/mol. The van der Waals surface area contributed by atoms with E-state index in [-0.39, 0.29) is 0 Å². The lowest BCUT2D eigenvalue weighted by Gasteiger charge is -1.87. The number of rotatable bonds is 0. The summed E-state index contributed by atoms with van der Waals surface area (Å²) in [7, 11) is 0. The number of hydrogen-bond acceptors (Lipinski definition) is 4. The summed E-state index contributed by atoms with van der Waals surface area (Å²) in [4.78, 5) is 7.59. The molecule has 0 saturated carbocycles. The fourth-order valence-electron chi connectivity index (χ4n) is 0.456. The normalized spacial score (nSPS) is 13.8. The van der Waals surface area contributed by atoms with Crippen LogP contribution < -0.4 is 0 Å². The Labute approximate surface area is 74.1 Å². The van der Waals surface area contributed by atoms with E-state index < -0.39 is 0 Å². The Kier molecular flexibility index (Phi) is 4.72. The van der Waals surface area contributed by atoms with Gasteiger partial charge in [-0.1, -0.05) is 0 Å². The zero-order chi connectivity index (χ0) is 7.78. The number of aliphatic imine (C=N–C) groups is 1. The molecule has 0 fully saturated rings. The Bertz CT molecular complexity index is 187. The van der Waals surface area contributed by atoms with Crippen molar-refractivity contribution in [1.29, 1.82) is 0 Å². The van der Waals surface area contributed by atoms with Crippen LogP contribution in [0.25, 0.3) is 0 Å². The van der Waals surface area contributed by atoms with Gasteiger partial charge in [0.1, 0.15) is 0 Å². The van der Waals surface area contributed by atoms with Crippen LogP contribution in [0.5, 0.6) is 0 Å². The quantitative estimate of drug-likeness (QED) is 0.618. The first-order chi connectivity index (χ1) is 5.50. The molecule has 11 heavy (non-hydrogen) atoms. The fraction of sp³-hybridized carbons (Fsp3) is 0.143. The predicted octanol–water partition coefficient (Wildman–Crippen LogP) is 2.42. The molecule has 0 spiro atoms. The van der Waals surface area contributed by atoms with Gasteiger partial charge in [-0.15, -0.1) is 23.1 Å². The molecule has 2 nitrogen and oxygen atoms in total. The van der Waals surface area contributed by atoms with Gasteiger partial charge in [0.2, 0.25) is 0 Å². The van der Waals surface area contributed by atoms with E-state index in [0.29, 0.717) is 0 Å². The second-order valence-electron chi connectivity index (χ2n) is 1.63. The molecule has 0 amide bonds. The first-order valence-electron chi connectivity index (χ1n) is 3.10. The third kappa shape index (κ3) is 4.75. The van der Waals surface area contributed by atoms with Crippen molar-refractivity contribution >= 4 is 29.3 Å². The van der Waals surface area contributed by atoms with E-state index in [1.165, 1.54) is 0 Å². The van der Waals surface area contributed by atoms with E-state index in [9.17, 15) is 0 Å². The maximum absolute atomic E-state index is 3.85. The Morgan fingerprint density at radius 3 is 2.55 bits per heavy atom. The number of thioether (sulfide) groups is 1. The number of nitrogens with zero attached hydrogens (tertiary/aromatic N) is 2. The highest BCUT2D eigenvalue weighted by Gasteiger charge is 1.78. The number of hydrogen-bond donors (Lipinski definition) is 0. The van der Waals surface area contributed by atoms with Gasteiger partial charge in [-0.05, 0) is 5.41 Å². The van der Waals surface area contributed by atoms with Crippen LogP contribution in [0.4, 0.5) is 0 Å². The van der Waals surface area contributed by atoms with Crippen molar-refractivity contribution in [3.05, 3.63) is 28.7 Å². The van der Waals surface area contributed by atoms with Gasteiger partial charge in [0, 0.05) is 29.7 Å². The van der Waals surface area contributed by atoms with Crippen LogP contribution in [0.15, 0.2) is 33.7 Å². The predicted molar refractivity (Wildman–Crippen MR) is 52.2 cm³/mol. The Morgan fingerprint density at radius 2 is 2.36 bits per heavy atom. The highest BCUT2D eigenvalue weighted by atomic mass is 32.2. The van der Waals surface area contributed by atoms with E-state index in [1.807, 2.05) is 17.0 Å². The lowest BCUT2D eigenvalue weighted by molar-refractivity contribution is 1.43. The Balaban J connectivity index is 0.000000112. The molecule has 0 radical (unpaired) electrons. The smallest absolute Gasteiger partial charge is 0.0791 e. The third-order valence-corrected chi connectivity index (χ3v) is 2.04. The molecule has 1 aliphatic rings. The van der Waals surface area contributed by atoms with E-state index in [0.717, 1.165) is 5.75 Å². The molecule has 0 aliphatic carbocycles. The van der Waals surface area contributed by atoms with Crippen molar-refractivity contribution in [2.24, 2.45) is 4.99 Å². The first-order valence-corrected chi connectivity index (χ1v) is 5.10. The van der Waals surface area contributed by atoms with Gasteiger partial charge in [0.25, 0.3) is 0 Å². The van der Waals surface area contributed by atoms with Crippen molar-refractivity contribution in [3.8, 4) is 0 Å². The first kappa shape index (κ1) is 8.49. The van der Waals surface area contributed by atoms with Crippen molar-refractivity contribution in [2.45, 2.75) is 0 Å². The van der Waals surface area contributed by atoms with E-state index in [1.54, 1.807) is 41.0 Å². The van der Waals surface area contributed by atoms with E-state index in [2.05, 4.69) is 9.98 Å². The van der Waals surface area contributed by atoms with E-state index in [4.69, 9.17) is 0 Å². The summed E-state index contributed by atoms with van der Waals surface area (Å²) in [5, 5.41) is 3.92. The van der Waals surface area contributed by atoms with Crippen LogP contribution in [0.1, 0.15) is 0 Å². The molecule has 2 rings (SSSR count). The second kappa shape index (κ2) is 6.12. The zero-order valence-electron chi connectivity index (χ0n) is 5.88. The molecule has 1 aromatic heterocycles. The Hall–Kier alpha value is -0.610. The summed E-state index contributed by atoms with van der Waals surface area (Å²) in [5.74, 6) is 1.04. The number of thiazole rings is 1. The molecular weight excluding hydrogens is 176 g/mol. The highest BCUT2D eigenvalue weighted by molar-refractivity contribution is 8.02. The molecule has 4 heteroatoms. The minimum atomic E-state index is 1.04. The van der Waals surface area contributed by atoms with Gasteiger partial charge in [-0.2, -0.15) is 0 Å². The zero-order valence-corrected chi connectivity index (χ0v) is 7.52. The van der Waals surface area contributed by atoms with Crippen LogP contribution in [0.3, 0.4) is 0 Å². The van der Waals surface area contributed by atoms with Crippen molar-refractivity contribution in [2.75, 3.05) is 5.75 Å². The summed E-state index contributed by atoms with van der Waals surface area (Å²) in [6, 6.07) is 0. The molecule has 0 aromatic carbocycles. The third-order valence-electron chi connectivity index (χ3n) is 0.867. The van der Waals surface area contributed by atoms with Crippen LogP contribution in [0.2, 0.25) is 0 Å². The minimum Gasteiger partial charge on any atom is -0.268 e. The summed E-state index contributed by atoms with van der Waals surface area (Å²) in [5.41, 5.74) is 1.79. The van der Waals surface area contributed by atoms with Gasteiger partial charge < -0.3 is 0 Å². The molecule has 0 bridgehead atoms. The van der Waals surface area contributed by atoms with Crippen molar-refractivity contribution in [3.63, 3.8) is 0 Å². The molecule has 1 aromatic rings. The minimum absolute atomic E-state index is 1.04. The van der Waals surface area contributed by atoms with Crippen LogP contribution in [0, 0.1) is 0 Å². The average Bonchev–Trinajstić information content (AvgIpc) is 2.64. The summed E-state index contributed by atoms with van der Waals surface area (Å²) in [6.45, 7) is 0. The van der Waals surface area contributed by atoms with Crippen molar-refractivity contribution in [1.82, 2.24) is 4.98 Å². The molecule has 58 valence electrons. The van der Waals surface area contributed by atoms with Crippen LogP contribution in [-0.4, -0.2) is 17.0 Å². The molecule has 0 unspecified atom stereocenters. The lowest BCUT2D eigenvalue weighted by atomic mass is 10.8. The van der Waals surface area contributed by atoms with Crippen molar-refractivity contribution < 1.29 is 0 Å². The van der Waals surface area contributed by atoms with Crippen LogP contribution >= 0.6 is 23.1 Å². The maximum atomic E-state index is 3.85. The lowest BCUT2D eigenvalue weighted by Crippen LogP contribution is -1.77.